The molecule has 0 amide bonds. The number of ether oxygens (including phenoxy) is 1. The van der Waals surface area contributed by atoms with Crippen molar-refractivity contribution < 1.29 is 56.8 Å². The molecule has 0 radical (unpaired) electrons. The van der Waals surface area contributed by atoms with Crippen LogP contribution in [0.2, 0.25) is 0 Å². The van der Waals surface area contributed by atoms with Crippen molar-refractivity contribution in [3.63, 3.8) is 0 Å². The van der Waals surface area contributed by atoms with E-state index in [9.17, 15) is 52.1 Å². The maximum absolute atomic E-state index is 14.4. The van der Waals surface area contributed by atoms with Crippen molar-refractivity contribution in [3.8, 4) is 17.2 Å². The van der Waals surface area contributed by atoms with E-state index < -0.39 is 99.6 Å². The van der Waals surface area contributed by atoms with Crippen molar-refractivity contribution in [1.29, 1.82) is 0 Å². The van der Waals surface area contributed by atoms with Gasteiger partial charge in [0.15, 0.2) is 29.3 Å². The molecule has 0 aliphatic rings. The number of rotatable bonds is 13. The Kier molecular flexibility index (Phi) is 11.2. The number of benzene rings is 4. The molecule has 0 aliphatic carbocycles. The van der Waals surface area contributed by atoms with Gasteiger partial charge in [-0.1, -0.05) is 26.0 Å². The SMILES string of the molecule is CCN(CC)C(C)OC(=O)c1cc(C(=O)Cc2ccc(F)cc2F)cc(C(=O)c2cc(C(=O)Cc3ccc(F)cc3F)cc(O)c2O)c1O. The van der Waals surface area contributed by atoms with Crippen LogP contribution in [0.15, 0.2) is 60.7 Å². The van der Waals surface area contributed by atoms with Gasteiger partial charge in [-0.3, -0.25) is 19.3 Å². The predicted molar refractivity (Wildman–Crippen MR) is 168 cm³/mol. The minimum atomic E-state index is -1.26. The monoisotopic (exact) mass is 681 g/mol. The summed E-state index contributed by atoms with van der Waals surface area (Å²) in [5, 5.41) is 32.2. The first-order chi connectivity index (χ1) is 23.1. The molecule has 3 N–H and O–H groups in total. The molecule has 4 aromatic carbocycles. The zero-order chi connectivity index (χ0) is 36.2. The van der Waals surface area contributed by atoms with E-state index in [0.717, 1.165) is 48.5 Å². The number of carbonyl (C=O) groups excluding carboxylic acids is 4. The number of hydrogen-bond donors (Lipinski definition) is 3. The summed E-state index contributed by atoms with van der Waals surface area (Å²) in [6.45, 7) is 6.14. The normalized spacial score (nSPS) is 11.8. The Morgan fingerprint density at radius 3 is 1.59 bits per heavy atom. The molecule has 1 unspecified atom stereocenters. The number of aromatic hydroxyl groups is 3. The van der Waals surface area contributed by atoms with E-state index in [0.29, 0.717) is 25.2 Å². The summed E-state index contributed by atoms with van der Waals surface area (Å²) < 4.78 is 60.9. The van der Waals surface area contributed by atoms with Crippen LogP contribution in [-0.2, 0) is 17.6 Å². The number of hydrogen-bond acceptors (Lipinski definition) is 9. The number of nitrogens with zero attached hydrogens (tertiary/aromatic N) is 1. The van der Waals surface area contributed by atoms with Gasteiger partial charge in [0, 0.05) is 36.1 Å². The lowest BCUT2D eigenvalue weighted by Crippen LogP contribution is -2.36. The van der Waals surface area contributed by atoms with E-state index in [4.69, 9.17) is 4.74 Å². The summed E-state index contributed by atoms with van der Waals surface area (Å²) in [7, 11) is 0. The largest absolute Gasteiger partial charge is 0.506 e. The van der Waals surface area contributed by atoms with Crippen LogP contribution >= 0.6 is 0 Å². The molecule has 0 saturated heterocycles. The Morgan fingerprint density at radius 1 is 0.673 bits per heavy atom. The Labute approximate surface area is 278 Å². The fraction of sp³-hybridized carbons (Fsp3) is 0.222. The number of phenolic OH excluding ortho intramolecular Hbond substituents is 3. The fourth-order valence-electron chi connectivity index (χ4n) is 5.13. The van der Waals surface area contributed by atoms with Crippen molar-refractivity contribution in [3.05, 3.63) is 123 Å². The second-order valence-electron chi connectivity index (χ2n) is 11.0. The average molecular weight is 682 g/mol. The zero-order valence-corrected chi connectivity index (χ0v) is 26.5. The summed E-state index contributed by atoms with van der Waals surface area (Å²) >= 11 is 0. The van der Waals surface area contributed by atoms with Gasteiger partial charge in [0.1, 0.15) is 34.6 Å². The van der Waals surface area contributed by atoms with Gasteiger partial charge in [0.25, 0.3) is 0 Å². The lowest BCUT2D eigenvalue weighted by molar-refractivity contribution is -0.0199. The quantitative estimate of drug-likeness (QED) is 0.0488. The van der Waals surface area contributed by atoms with Gasteiger partial charge in [0.2, 0.25) is 5.78 Å². The Balaban J connectivity index is 1.80. The highest BCUT2D eigenvalue weighted by molar-refractivity contribution is 6.16. The molecule has 0 aliphatic heterocycles. The smallest absolute Gasteiger partial charge is 0.343 e. The number of Topliss-reactive ketones (excluding diaryl/α,β-unsaturated/α-hetero) is 2. The lowest BCUT2D eigenvalue weighted by atomic mass is 9.92. The van der Waals surface area contributed by atoms with Gasteiger partial charge in [-0.05, 0) is 67.5 Å². The van der Waals surface area contributed by atoms with E-state index in [-0.39, 0.29) is 22.3 Å². The lowest BCUT2D eigenvalue weighted by Gasteiger charge is -2.26. The van der Waals surface area contributed by atoms with Crippen molar-refractivity contribution in [1.82, 2.24) is 4.90 Å². The van der Waals surface area contributed by atoms with E-state index in [1.165, 1.54) is 0 Å². The first-order valence-corrected chi connectivity index (χ1v) is 15.0. The molecule has 0 spiro atoms. The van der Waals surface area contributed by atoms with Crippen LogP contribution in [0.25, 0.3) is 0 Å². The fourth-order valence-corrected chi connectivity index (χ4v) is 5.13. The van der Waals surface area contributed by atoms with Crippen molar-refractivity contribution in [2.45, 2.75) is 39.8 Å². The minimum absolute atomic E-state index is 0.199. The summed E-state index contributed by atoms with van der Waals surface area (Å²) in [5.41, 5.74) is -3.30. The van der Waals surface area contributed by atoms with Gasteiger partial charge in [-0.2, -0.15) is 0 Å². The van der Waals surface area contributed by atoms with Gasteiger partial charge >= 0.3 is 5.97 Å². The van der Waals surface area contributed by atoms with Crippen LogP contribution < -0.4 is 0 Å². The van der Waals surface area contributed by atoms with Gasteiger partial charge in [0.05, 0.1) is 11.1 Å². The highest BCUT2D eigenvalue weighted by Crippen LogP contribution is 2.36. The second-order valence-corrected chi connectivity index (χ2v) is 11.0. The number of phenols is 3. The Hall–Kier alpha value is -5.56. The van der Waals surface area contributed by atoms with Crippen molar-refractivity contribution in [2.75, 3.05) is 13.1 Å². The third-order valence-electron chi connectivity index (χ3n) is 7.89. The molecule has 4 rings (SSSR count). The topological polar surface area (TPSA) is 141 Å². The first kappa shape index (κ1) is 36.3. The predicted octanol–water partition coefficient (Wildman–Crippen LogP) is 6.29. The van der Waals surface area contributed by atoms with Gasteiger partial charge in [-0.15, -0.1) is 0 Å². The first-order valence-electron chi connectivity index (χ1n) is 15.0. The summed E-state index contributed by atoms with van der Waals surface area (Å²) in [6.07, 6.45) is -2.09. The van der Waals surface area contributed by atoms with Crippen LogP contribution in [0.3, 0.4) is 0 Å². The number of carbonyl (C=O) groups is 4. The Morgan fingerprint density at radius 2 is 1.12 bits per heavy atom. The molecular formula is C36H31F4NO8. The van der Waals surface area contributed by atoms with Gasteiger partial charge in [-0.25, -0.2) is 22.4 Å². The molecular weight excluding hydrogens is 650 g/mol. The molecule has 0 bridgehead atoms. The van der Waals surface area contributed by atoms with E-state index in [1.807, 2.05) is 13.8 Å². The average Bonchev–Trinajstić information content (AvgIpc) is 3.05. The summed E-state index contributed by atoms with van der Waals surface area (Å²) in [4.78, 5) is 55.3. The molecule has 13 heteroatoms. The summed E-state index contributed by atoms with van der Waals surface area (Å²) in [6, 6.07) is 8.54. The molecule has 0 fully saturated rings. The van der Waals surface area contributed by atoms with Crippen molar-refractivity contribution in [2.24, 2.45) is 0 Å². The number of halogens is 4. The highest BCUT2D eigenvalue weighted by Gasteiger charge is 2.29. The molecule has 9 nitrogen and oxygen atoms in total. The molecule has 49 heavy (non-hydrogen) atoms. The third kappa shape index (κ3) is 8.12. The van der Waals surface area contributed by atoms with Gasteiger partial charge < -0.3 is 20.1 Å². The molecule has 0 saturated carbocycles. The van der Waals surface area contributed by atoms with Crippen LogP contribution in [0.1, 0.15) is 78.9 Å². The van der Waals surface area contributed by atoms with Crippen LogP contribution in [0, 0.1) is 23.3 Å². The van der Waals surface area contributed by atoms with Crippen molar-refractivity contribution >= 4 is 23.3 Å². The second kappa shape index (κ2) is 15.1. The molecule has 0 heterocycles. The van der Waals surface area contributed by atoms with E-state index in [1.54, 1.807) is 11.8 Å². The third-order valence-corrected chi connectivity index (χ3v) is 7.89. The number of ketones is 3. The standard InChI is InChI=1S/C36H31F4NO8/c1-4-41(5-2)18(3)49-36(48)27-12-21(30(42)13-19-6-8-23(37)16-28(19)39)10-25(34(27)46)33(45)26-11-22(15-32(44)35(26)47)31(43)14-20-7-9-24(38)17-29(20)40/h6-12,15-18,44,46-47H,4-5,13-14H2,1-3H3. The molecule has 0 aromatic heterocycles. The maximum atomic E-state index is 14.4. The van der Waals surface area contributed by atoms with Crippen LogP contribution in [0.4, 0.5) is 17.6 Å². The molecule has 256 valence electrons. The molecule has 1 atom stereocenters. The molecule has 4 aromatic rings. The Bertz CT molecular complexity index is 1960. The zero-order valence-electron chi connectivity index (χ0n) is 26.5. The van der Waals surface area contributed by atoms with Crippen LogP contribution in [-0.4, -0.2) is 62.9 Å². The maximum Gasteiger partial charge on any atom is 0.343 e. The van der Waals surface area contributed by atoms with Crippen LogP contribution in [0.5, 0.6) is 17.2 Å². The minimum Gasteiger partial charge on any atom is -0.506 e. The summed E-state index contributed by atoms with van der Waals surface area (Å²) in [5.74, 6) is -10.9. The van der Waals surface area contributed by atoms with E-state index in [2.05, 4.69) is 0 Å². The number of esters is 1. The van der Waals surface area contributed by atoms with E-state index >= 15 is 0 Å². The highest BCUT2D eigenvalue weighted by atomic mass is 19.1.